The van der Waals surface area contributed by atoms with Gasteiger partial charge in [0, 0.05) is 111 Å². The van der Waals surface area contributed by atoms with Gasteiger partial charge in [-0.2, -0.15) is 20.4 Å². The van der Waals surface area contributed by atoms with Gasteiger partial charge in [-0.15, -0.1) is 0 Å². The fourth-order valence-electron chi connectivity index (χ4n) is 14.6. The van der Waals surface area contributed by atoms with E-state index in [4.69, 9.17) is 0 Å². The third-order valence-corrected chi connectivity index (χ3v) is 21.0. The van der Waals surface area contributed by atoms with Crippen LogP contribution in [-0.2, 0) is 48.6 Å². The summed E-state index contributed by atoms with van der Waals surface area (Å²) in [4.78, 5) is 21.9. The van der Waals surface area contributed by atoms with Gasteiger partial charge in [-0.3, -0.25) is 19.2 Å². The van der Waals surface area contributed by atoms with Crippen LogP contribution in [0.15, 0.2) is 172 Å². The Kier molecular flexibility index (Phi) is 24.2. The average Bonchev–Trinajstić information content (AvgIpc) is 1.55. The number of quaternary nitrogens is 1. The molecule has 28 heteroatoms. The summed E-state index contributed by atoms with van der Waals surface area (Å²) in [7, 11) is 0. The predicted molar refractivity (Wildman–Crippen MR) is 359 cm³/mol. The number of nitrogens with zero attached hydrogens (tertiary/aromatic N) is 16. The Morgan fingerprint density at radius 2 is 0.750 bits per heavy atom. The molecule has 0 radical (unpaired) electrons. The molecule has 4 N–H and O–H groups in total. The van der Waals surface area contributed by atoms with Crippen LogP contribution in [0.2, 0.25) is 0 Å². The Balaban J connectivity index is 0.000000155. The predicted octanol–water partition coefficient (Wildman–Crippen LogP) is 6.82. The van der Waals surface area contributed by atoms with Crippen LogP contribution >= 0.6 is 0 Å². The Hall–Kier alpha value is -8.48. The molecule has 0 saturated carbocycles. The van der Waals surface area contributed by atoms with Gasteiger partial charge in [-0.1, -0.05) is 66.8 Å². The van der Waals surface area contributed by atoms with Crippen molar-refractivity contribution in [2.45, 2.75) is 152 Å². The standard InChI is InChI=1S/3C18H22F2N4O.C18H22FN4O.FH/c3*1-13-5-7-23(8-6-13)14(2)18(25,10-24-12-21-11-22-24)16-4-3-15(19)9-17(16)20;1-13-5-7-23(8-6-13)14(2)18(24,10-22-12-20-11-21-22)16-4-3-15(19)9-17(16)23;/h3*3-4,9,11-12,14,25H,1,5-8,10H2,2H3;3-4,9,11-12,14,24H,1,5-8,10H2,2H3;1H/q;;;+1;/p-1/t2*14-,18+;2*14-,18-;/m1001./s1. The second kappa shape index (κ2) is 32.0. The highest BCUT2D eigenvalue weighted by Crippen LogP contribution is 2.52. The fourth-order valence-corrected chi connectivity index (χ4v) is 14.6. The van der Waals surface area contributed by atoms with Crippen LogP contribution in [0.1, 0.15) is 101 Å². The molecule has 20 nitrogen and oxygen atoms in total. The third kappa shape index (κ3) is 16.6. The number of halogens is 8. The van der Waals surface area contributed by atoms with Crippen LogP contribution in [-0.4, -0.2) is 171 Å². The molecule has 4 aromatic heterocycles. The molecule has 0 bridgehead atoms. The van der Waals surface area contributed by atoms with E-state index in [1.807, 2.05) is 20.8 Å². The SMILES string of the molecule is C=C1CCN([C@@H](C)[C@@](O)(Cn2cncn2)c2ccc(F)cc2F)CC1.C=C1CCN([C@@H](C)[C@](O)(Cn2cncn2)c2ccc(F)cc2F)CC1.C=C1CCN([C@H](C)[C@@](O)(Cn2cncn2)c2ccc(F)cc2F)CC1.C=C1CC[N+]2(CC1)c1cc(F)ccc1[C@@](O)(Cn1cncn1)[C@H]2C.[F-]. The van der Waals surface area contributed by atoms with Gasteiger partial charge in [0.25, 0.3) is 0 Å². The van der Waals surface area contributed by atoms with Crippen LogP contribution in [0.4, 0.5) is 36.4 Å². The van der Waals surface area contributed by atoms with E-state index in [0.717, 1.165) is 151 Å². The molecular formula is C72H88F8N16O4. The number of piperidine rings is 4. The monoisotopic (exact) mass is 1390 g/mol. The highest BCUT2D eigenvalue weighted by molar-refractivity contribution is 5.61. The first-order chi connectivity index (χ1) is 47.1. The molecule has 4 aromatic carbocycles. The van der Waals surface area contributed by atoms with Crippen molar-refractivity contribution in [3.63, 3.8) is 0 Å². The molecular weight excluding hydrogens is 1300 g/mol. The highest BCUT2D eigenvalue weighted by atomic mass is 19.2. The highest BCUT2D eigenvalue weighted by Gasteiger charge is 2.60. The summed E-state index contributed by atoms with van der Waals surface area (Å²) in [6, 6.07) is 13.3. The summed E-state index contributed by atoms with van der Waals surface area (Å²) < 4.78 is 104. The first-order valence-corrected chi connectivity index (χ1v) is 33.3. The quantitative estimate of drug-likeness (QED) is 0.0418. The molecule has 0 amide bonds. The van der Waals surface area contributed by atoms with E-state index in [1.165, 1.54) is 105 Å². The number of hydrogen-bond donors (Lipinski definition) is 4. The lowest BCUT2D eigenvalue weighted by Crippen LogP contribution is -3.00. The fraction of sp³-hybridized carbons (Fsp3) is 0.444. The zero-order valence-corrected chi connectivity index (χ0v) is 56.8. The number of rotatable bonds is 17. The summed E-state index contributed by atoms with van der Waals surface area (Å²) in [6.45, 7) is 30.2. The zero-order valence-electron chi connectivity index (χ0n) is 56.8. The minimum absolute atomic E-state index is 0. The molecule has 13 rings (SSSR count). The molecule has 0 unspecified atom stereocenters. The van der Waals surface area contributed by atoms with Crippen LogP contribution in [0.5, 0.6) is 0 Å². The molecule has 536 valence electrons. The van der Waals surface area contributed by atoms with E-state index in [0.29, 0.717) is 11.0 Å². The van der Waals surface area contributed by atoms with Crippen LogP contribution in [0, 0.1) is 40.7 Å². The lowest BCUT2D eigenvalue weighted by atomic mass is 9.84. The molecule has 100 heavy (non-hydrogen) atoms. The Labute approximate surface area is 576 Å². The summed E-state index contributed by atoms with van der Waals surface area (Å²) in [5.41, 5.74) is 0.800. The Morgan fingerprint density at radius 3 is 1.05 bits per heavy atom. The van der Waals surface area contributed by atoms with Gasteiger partial charge in [0.15, 0.2) is 5.60 Å². The number of hydrogen-bond acceptors (Lipinski definition) is 15. The number of fused-ring (bicyclic) bond motifs is 2. The molecule has 9 heterocycles. The first kappa shape index (κ1) is 75.7. The molecule has 5 aliphatic heterocycles. The molecule has 4 saturated heterocycles. The lowest BCUT2D eigenvalue weighted by molar-refractivity contribution is -0.0658. The summed E-state index contributed by atoms with van der Waals surface area (Å²) >= 11 is 0. The van der Waals surface area contributed by atoms with Crippen molar-refractivity contribution in [2.24, 2.45) is 0 Å². The molecule has 5 aliphatic rings. The summed E-state index contributed by atoms with van der Waals surface area (Å²) in [6.07, 6.45) is 18.4. The van der Waals surface area contributed by atoms with Crippen molar-refractivity contribution in [1.82, 2.24) is 78.2 Å². The number of aromatic nitrogens is 12. The van der Waals surface area contributed by atoms with E-state index in [-0.39, 0.29) is 52.9 Å². The number of likely N-dealkylation sites (tertiary alicyclic amines) is 3. The maximum atomic E-state index is 14.5. The van der Waals surface area contributed by atoms with E-state index >= 15 is 0 Å². The zero-order chi connectivity index (χ0) is 71.0. The maximum Gasteiger partial charge on any atom is 0.167 e. The minimum atomic E-state index is -1.58. The lowest BCUT2D eigenvalue weighted by Gasteiger charge is -2.44. The van der Waals surface area contributed by atoms with Gasteiger partial charge in [0.2, 0.25) is 0 Å². The minimum Gasteiger partial charge on any atom is -1.00 e. The van der Waals surface area contributed by atoms with Crippen LogP contribution in [0.25, 0.3) is 0 Å². The van der Waals surface area contributed by atoms with Crippen LogP contribution < -0.4 is 9.19 Å². The van der Waals surface area contributed by atoms with E-state index in [9.17, 15) is 51.2 Å². The summed E-state index contributed by atoms with van der Waals surface area (Å²) in [5, 5.41) is 62.3. The average molecular weight is 1390 g/mol. The molecule has 8 atom stereocenters. The van der Waals surface area contributed by atoms with Crippen molar-refractivity contribution in [3.8, 4) is 0 Å². The Morgan fingerprint density at radius 1 is 0.460 bits per heavy atom. The van der Waals surface area contributed by atoms with Gasteiger partial charge in [0.1, 0.15) is 120 Å². The van der Waals surface area contributed by atoms with E-state index < -0.39 is 75.4 Å². The Bertz CT molecular complexity index is 3730. The smallest absolute Gasteiger partial charge is 0.167 e. The van der Waals surface area contributed by atoms with Crippen molar-refractivity contribution >= 4 is 5.69 Å². The molecule has 1 spiro atoms. The van der Waals surface area contributed by atoms with Crippen LogP contribution in [0.3, 0.4) is 0 Å². The second-order valence-electron chi connectivity index (χ2n) is 26.9. The van der Waals surface area contributed by atoms with Gasteiger partial charge >= 0.3 is 0 Å². The number of benzene rings is 4. The third-order valence-electron chi connectivity index (χ3n) is 21.0. The summed E-state index contributed by atoms with van der Waals surface area (Å²) in [5.74, 6) is -4.58. The van der Waals surface area contributed by atoms with E-state index in [1.54, 1.807) is 23.1 Å². The largest absolute Gasteiger partial charge is 1.00 e. The molecule has 4 fully saturated rings. The van der Waals surface area contributed by atoms with Gasteiger partial charge in [-0.05, 0) is 96.6 Å². The van der Waals surface area contributed by atoms with Gasteiger partial charge in [-0.25, -0.2) is 69.4 Å². The van der Waals surface area contributed by atoms with Gasteiger partial charge < -0.3 is 25.1 Å². The molecule has 0 aliphatic carbocycles. The molecule has 8 aromatic rings. The van der Waals surface area contributed by atoms with Crippen molar-refractivity contribution < 1.29 is 55.9 Å². The second-order valence-corrected chi connectivity index (χ2v) is 26.9. The van der Waals surface area contributed by atoms with Crippen molar-refractivity contribution in [2.75, 3.05) is 52.4 Å². The normalized spacial score (nSPS) is 21.5. The van der Waals surface area contributed by atoms with E-state index in [2.05, 4.69) is 88.3 Å². The van der Waals surface area contributed by atoms with Gasteiger partial charge in [0.05, 0.1) is 44.8 Å². The van der Waals surface area contributed by atoms with Crippen molar-refractivity contribution in [1.29, 1.82) is 0 Å². The number of aliphatic hydroxyl groups is 4. The topological polar surface area (TPSA) is 213 Å². The van der Waals surface area contributed by atoms with Crippen molar-refractivity contribution in [3.05, 3.63) is 235 Å². The first-order valence-electron chi connectivity index (χ1n) is 33.3. The maximum absolute atomic E-state index is 14.5.